The first-order chi connectivity index (χ1) is 10.5. The van der Waals surface area contributed by atoms with E-state index in [2.05, 4.69) is 24.0 Å². The number of benzene rings is 2. The van der Waals surface area contributed by atoms with E-state index in [9.17, 15) is 4.79 Å². The number of carbonyl (C=O) groups is 1. The second-order valence-electron chi connectivity index (χ2n) is 5.74. The second kappa shape index (κ2) is 5.34. The molecule has 0 amide bonds. The Morgan fingerprint density at radius 3 is 2.50 bits per heavy atom. The molecule has 3 rings (SSSR count). The summed E-state index contributed by atoms with van der Waals surface area (Å²) in [6.45, 7) is 6.12. The lowest BCUT2D eigenvalue weighted by molar-refractivity contribution is 0.112. The number of hydrogen-bond acceptors (Lipinski definition) is 2. The summed E-state index contributed by atoms with van der Waals surface area (Å²) >= 11 is 0. The number of carbonyl (C=O) groups excluding carboxylic acids is 1. The summed E-state index contributed by atoms with van der Waals surface area (Å²) in [7, 11) is 1.65. The zero-order valence-corrected chi connectivity index (χ0v) is 13.3. The zero-order valence-electron chi connectivity index (χ0n) is 13.3. The Morgan fingerprint density at radius 1 is 1.05 bits per heavy atom. The molecule has 3 heteroatoms. The molecule has 3 aromatic rings. The molecule has 0 spiro atoms. The average Bonchev–Trinajstić information content (AvgIpc) is 2.85. The number of nitrogens with one attached hydrogen (secondary N) is 1. The van der Waals surface area contributed by atoms with Gasteiger partial charge in [0.05, 0.1) is 12.8 Å². The van der Waals surface area contributed by atoms with Crippen LogP contribution in [-0.2, 0) is 0 Å². The van der Waals surface area contributed by atoms with Gasteiger partial charge in [0.15, 0.2) is 6.29 Å². The molecule has 2 aromatic carbocycles. The summed E-state index contributed by atoms with van der Waals surface area (Å²) in [5.41, 5.74) is 6.81. The molecule has 0 aliphatic carbocycles. The van der Waals surface area contributed by atoms with Crippen LogP contribution in [0.4, 0.5) is 0 Å². The summed E-state index contributed by atoms with van der Waals surface area (Å²) in [5.74, 6) is 0.759. The Hall–Kier alpha value is -2.55. The number of aromatic nitrogens is 1. The van der Waals surface area contributed by atoms with E-state index >= 15 is 0 Å². The fourth-order valence-electron chi connectivity index (χ4n) is 3.10. The minimum Gasteiger partial charge on any atom is -0.496 e. The number of aldehydes is 1. The maximum atomic E-state index is 11.7. The van der Waals surface area contributed by atoms with E-state index in [0.29, 0.717) is 5.56 Å². The average molecular weight is 293 g/mol. The monoisotopic (exact) mass is 293 g/mol. The lowest BCUT2D eigenvalue weighted by Gasteiger charge is -2.09. The molecular weight excluding hydrogens is 274 g/mol. The first-order valence-corrected chi connectivity index (χ1v) is 7.28. The quantitative estimate of drug-likeness (QED) is 0.718. The Labute approximate surface area is 129 Å². The van der Waals surface area contributed by atoms with Crippen LogP contribution in [0.2, 0.25) is 0 Å². The van der Waals surface area contributed by atoms with E-state index in [4.69, 9.17) is 4.74 Å². The molecule has 1 aromatic heterocycles. The molecule has 0 unspecified atom stereocenters. The molecule has 22 heavy (non-hydrogen) atoms. The van der Waals surface area contributed by atoms with Crippen molar-refractivity contribution in [3.8, 4) is 17.0 Å². The summed E-state index contributed by atoms with van der Waals surface area (Å²) in [4.78, 5) is 15.1. The highest BCUT2D eigenvalue weighted by Gasteiger charge is 2.17. The Morgan fingerprint density at radius 2 is 1.82 bits per heavy atom. The van der Waals surface area contributed by atoms with E-state index in [0.717, 1.165) is 45.3 Å². The maximum Gasteiger partial charge on any atom is 0.152 e. The van der Waals surface area contributed by atoms with Crippen molar-refractivity contribution in [2.24, 2.45) is 0 Å². The number of aromatic amines is 1. The fraction of sp³-hybridized carbons (Fsp3) is 0.211. The first kappa shape index (κ1) is 14.4. The van der Waals surface area contributed by atoms with Crippen molar-refractivity contribution in [2.45, 2.75) is 20.8 Å². The molecule has 0 fully saturated rings. The van der Waals surface area contributed by atoms with E-state index in [1.54, 1.807) is 7.11 Å². The predicted molar refractivity (Wildman–Crippen MR) is 89.9 cm³/mol. The zero-order chi connectivity index (χ0) is 15.9. The van der Waals surface area contributed by atoms with Gasteiger partial charge < -0.3 is 9.72 Å². The number of hydrogen-bond donors (Lipinski definition) is 1. The van der Waals surface area contributed by atoms with Gasteiger partial charge in [0.2, 0.25) is 0 Å². The number of methoxy groups -OCH3 is 1. The number of rotatable bonds is 3. The topological polar surface area (TPSA) is 42.1 Å². The molecule has 0 saturated heterocycles. The van der Waals surface area contributed by atoms with Crippen LogP contribution in [0.15, 0.2) is 30.3 Å². The van der Waals surface area contributed by atoms with E-state index in [1.165, 1.54) is 5.56 Å². The van der Waals surface area contributed by atoms with Gasteiger partial charge in [-0.2, -0.15) is 0 Å². The van der Waals surface area contributed by atoms with Crippen LogP contribution in [0.5, 0.6) is 5.75 Å². The fourth-order valence-corrected chi connectivity index (χ4v) is 3.10. The lowest BCUT2D eigenvalue weighted by atomic mass is 10.0. The number of fused-ring (bicyclic) bond motifs is 1. The predicted octanol–water partition coefficient (Wildman–Crippen LogP) is 4.58. The molecule has 0 radical (unpaired) electrons. The van der Waals surface area contributed by atoms with Gasteiger partial charge in [-0.3, -0.25) is 4.79 Å². The third kappa shape index (κ3) is 2.19. The van der Waals surface area contributed by atoms with Gasteiger partial charge in [0.1, 0.15) is 5.75 Å². The van der Waals surface area contributed by atoms with Crippen molar-refractivity contribution < 1.29 is 9.53 Å². The highest BCUT2D eigenvalue weighted by atomic mass is 16.5. The van der Waals surface area contributed by atoms with Gasteiger partial charge in [0.25, 0.3) is 0 Å². The van der Waals surface area contributed by atoms with Gasteiger partial charge in [-0.25, -0.2) is 0 Å². The highest BCUT2D eigenvalue weighted by molar-refractivity contribution is 6.06. The third-order valence-electron chi connectivity index (χ3n) is 4.02. The van der Waals surface area contributed by atoms with Gasteiger partial charge in [-0.1, -0.05) is 17.7 Å². The van der Waals surface area contributed by atoms with Crippen LogP contribution < -0.4 is 4.74 Å². The van der Waals surface area contributed by atoms with Crippen molar-refractivity contribution in [1.29, 1.82) is 0 Å². The van der Waals surface area contributed by atoms with Crippen molar-refractivity contribution >= 4 is 17.2 Å². The van der Waals surface area contributed by atoms with Crippen LogP contribution in [-0.4, -0.2) is 18.4 Å². The molecule has 3 nitrogen and oxygen atoms in total. The van der Waals surface area contributed by atoms with Crippen LogP contribution >= 0.6 is 0 Å². The summed E-state index contributed by atoms with van der Waals surface area (Å²) in [6.07, 6.45) is 0.929. The molecule has 112 valence electrons. The number of ether oxygens (including phenoxy) is 1. The Balaban J connectivity index is 2.39. The smallest absolute Gasteiger partial charge is 0.152 e. The molecule has 1 heterocycles. The van der Waals surface area contributed by atoms with E-state index < -0.39 is 0 Å². The van der Waals surface area contributed by atoms with Gasteiger partial charge in [-0.05, 0) is 50.1 Å². The normalized spacial score (nSPS) is 10.9. The molecule has 0 saturated carbocycles. The number of aryl methyl sites for hydroxylation is 3. The standard InChI is InChI=1S/C19H19NO2/c1-11-5-6-17(22-4)14(8-11)19-15(10-21)18-13(3)7-12(2)9-16(18)20-19/h5-10,20H,1-4H3. The van der Waals surface area contributed by atoms with Gasteiger partial charge in [-0.15, -0.1) is 0 Å². The minimum absolute atomic E-state index is 0.691. The van der Waals surface area contributed by atoms with Crippen molar-refractivity contribution in [3.63, 3.8) is 0 Å². The largest absolute Gasteiger partial charge is 0.496 e. The lowest BCUT2D eigenvalue weighted by Crippen LogP contribution is -1.92. The highest BCUT2D eigenvalue weighted by Crippen LogP contribution is 2.36. The van der Waals surface area contributed by atoms with Crippen LogP contribution in [0.3, 0.4) is 0 Å². The van der Waals surface area contributed by atoms with E-state index in [1.807, 2.05) is 32.0 Å². The second-order valence-corrected chi connectivity index (χ2v) is 5.74. The molecule has 1 N–H and O–H groups in total. The van der Waals surface area contributed by atoms with Gasteiger partial charge >= 0.3 is 0 Å². The molecule has 0 aliphatic rings. The van der Waals surface area contributed by atoms with Crippen molar-refractivity contribution in [1.82, 2.24) is 4.98 Å². The summed E-state index contributed by atoms with van der Waals surface area (Å²) in [6, 6.07) is 10.1. The summed E-state index contributed by atoms with van der Waals surface area (Å²) < 4.78 is 5.47. The SMILES string of the molecule is COc1ccc(C)cc1-c1[nH]c2cc(C)cc(C)c2c1C=O. The van der Waals surface area contributed by atoms with Crippen LogP contribution in [0, 0.1) is 20.8 Å². The third-order valence-corrected chi connectivity index (χ3v) is 4.02. The first-order valence-electron chi connectivity index (χ1n) is 7.28. The Kier molecular flexibility index (Phi) is 3.49. The van der Waals surface area contributed by atoms with Gasteiger partial charge in [0, 0.05) is 22.0 Å². The molecular formula is C19H19NO2. The van der Waals surface area contributed by atoms with Crippen molar-refractivity contribution in [3.05, 3.63) is 52.6 Å². The summed E-state index contributed by atoms with van der Waals surface area (Å²) in [5, 5.41) is 0.985. The number of H-pyrrole nitrogens is 1. The minimum atomic E-state index is 0.691. The maximum absolute atomic E-state index is 11.7. The Bertz CT molecular complexity index is 875. The van der Waals surface area contributed by atoms with Crippen LogP contribution in [0.25, 0.3) is 22.2 Å². The van der Waals surface area contributed by atoms with Crippen molar-refractivity contribution in [2.75, 3.05) is 7.11 Å². The molecule has 0 atom stereocenters. The molecule has 0 aliphatic heterocycles. The van der Waals surface area contributed by atoms with E-state index in [-0.39, 0.29) is 0 Å². The van der Waals surface area contributed by atoms with Crippen LogP contribution in [0.1, 0.15) is 27.0 Å². The molecule has 0 bridgehead atoms.